The van der Waals surface area contributed by atoms with Gasteiger partial charge in [0, 0.05) is 37.4 Å². The normalized spacial score (nSPS) is 10.6. The van der Waals surface area contributed by atoms with E-state index >= 15 is 0 Å². The van der Waals surface area contributed by atoms with Crippen LogP contribution >= 0.6 is 0 Å². The smallest absolute Gasteiger partial charge is 0.158 e. The van der Waals surface area contributed by atoms with Crippen LogP contribution in [0.5, 0.6) is 0 Å². The Kier molecular flexibility index (Phi) is 17.8. The fourth-order valence-corrected chi connectivity index (χ4v) is 2.88. The highest BCUT2D eigenvalue weighted by atomic mass is 32.2. The van der Waals surface area contributed by atoms with Gasteiger partial charge < -0.3 is 0 Å². The summed E-state index contributed by atoms with van der Waals surface area (Å²) in [6.45, 7) is 0. The molecular formula is C17H28O6S3. The second-order valence-corrected chi connectivity index (χ2v) is 12.2. The summed E-state index contributed by atoms with van der Waals surface area (Å²) in [5.74, 6) is 7.16. The van der Waals surface area contributed by atoms with Gasteiger partial charge in [-0.15, -0.1) is 31.1 Å². The molecule has 0 aliphatic heterocycles. The van der Waals surface area contributed by atoms with E-state index in [0.29, 0.717) is 25.7 Å². The minimum Gasteiger partial charge on any atom is -0.229 e. The van der Waals surface area contributed by atoms with E-state index in [-0.39, 0.29) is 17.3 Å². The lowest BCUT2D eigenvalue weighted by atomic mass is 10.3. The molecule has 0 aliphatic carbocycles. The molecule has 0 saturated heterocycles. The molecule has 0 spiro atoms. The zero-order chi connectivity index (χ0) is 21.3. The molecular weight excluding hydrogens is 396 g/mol. The van der Waals surface area contributed by atoms with Gasteiger partial charge in [0.15, 0.2) is 9.84 Å². The number of unbranched alkanes of at least 4 members (excludes halogenated alkanes) is 3. The second kappa shape index (κ2) is 15.8. The highest BCUT2D eigenvalue weighted by molar-refractivity contribution is 7.91. The average molecular weight is 425 g/mol. The Labute approximate surface area is 159 Å². The first-order chi connectivity index (χ1) is 11.7. The average Bonchev–Trinajstić information content (AvgIpc) is 2.42. The van der Waals surface area contributed by atoms with E-state index < -0.39 is 29.5 Å². The minimum absolute atomic E-state index is 0.160. The van der Waals surface area contributed by atoms with Gasteiger partial charge >= 0.3 is 0 Å². The first-order valence-corrected chi connectivity index (χ1v) is 13.7. The van der Waals surface area contributed by atoms with Gasteiger partial charge in [0.1, 0.15) is 25.4 Å². The van der Waals surface area contributed by atoms with Crippen LogP contribution in [0.4, 0.5) is 0 Å². The summed E-state index contributed by atoms with van der Waals surface area (Å²) >= 11 is 0. The van der Waals surface area contributed by atoms with Gasteiger partial charge in [0.05, 0.1) is 5.75 Å². The van der Waals surface area contributed by atoms with Crippen LogP contribution in [0.3, 0.4) is 0 Å². The predicted octanol–water partition coefficient (Wildman–Crippen LogP) is 0.943. The zero-order valence-corrected chi connectivity index (χ0v) is 18.0. The van der Waals surface area contributed by atoms with Crippen LogP contribution in [0.1, 0.15) is 32.1 Å². The Morgan fingerprint density at radius 2 is 0.962 bits per heavy atom. The molecule has 0 heterocycles. The van der Waals surface area contributed by atoms with Crippen molar-refractivity contribution in [3.8, 4) is 37.0 Å². The molecule has 0 radical (unpaired) electrons. The first kappa shape index (κ1) is 29.3. The van der Waals surface area contributed by atoms with Gasteiger partial charge in [0.25, 0.3) is 0 Å². The third kappa shape index (κ3) is 43.3. The van der Waals surface area contributed by atoms with E-state index in [1.807, 2.05) is 5.92 Å². The topological polar surface area (TPSA) is 102 Å². The highest BCUT2D eigenvalue weighted by Gasteiger charge is 1.99. The van der Waals surface area contributed by atoms with Gasteiger partial charge in [-0.25, -0.2) is 25.3 Å². The van der Waals surface area contributed by atoms with Crippen LogP contribution < -0.4 is 0 Å². The van der Waals surface area contributed by atoms with Crippen molar-refractivity contribution in [1.29, 1.82) is 0 Å². The Morgan fingerprint density at radius 3 is 1.23 bits per heavy atom. The van der Waals surface area contributed by atoms with Crippen LogP contribution in [-0.4, -0.2) is 61.3 Å². The van der Waals surface area contributed by atoms with Crippen molar-refractivity contribution in [2.75, 3.05) is 36.0 Å². The van der Waals surface area contributed by atoms with Crippen LogP contribution in [0, 0.1) is 37.0 Å². The standard InChI is InChI=1S/C7H12O2S.C6H10O2S.C4H6O2S/c1-3-4-5-6-7-10(2,8)9;1-3-4-5-6-9(2,7)8;1-3-4-7(2,5)6/h1H,4-7H2,2H3;1H,4-6H2,2H3;1H,4H2,2H3. The van der Waals surface area contributed by atoms with Crippen molar-refractivity contribution in [3.63, 3.8) is 0 Å². The van der Waals surface area contributed by atoms with E-state index in [0.717, 1.165) is 12.7 Å². The fraction of sp³-hybridized carbons (Fsp3) is 0.647. The van der Waals surface area contributed by atoms with E-state index in [4.69, 9.17) is 12.8 Å². The Bertz CT molecular complexity index is 799. The maximum atomic E-state index is 10.5. The van der Waals surface area contributed by atoms with Gasteiger partial charge in [-0.1, -0.05) is 5.92 Å². The molecule has 0 aliphatic rings. The summed E-state index contributed by atoms with van der Waals surface area (Å²) < 4.78 is 62.1. The van der Waals surface area contributed by atoms with Crippen LogP contribution in [0.25, 0.3) is 0 Å². The van der Waals surface area contributed by atoms with Crippen LogP contribution in [0.2, 0.25) is 0 Å². The number of hydrogen-bond acceptors (Lipinski definition) is 6. The lowest BCUT2D eigenvalue weighted by molar-refractivity contribution is 0.596. The third-order valence-corrected chi connectivity index (χ3v) is 5.02. The summed E-state index contributed by atoms with van der Waals surface area (Å²) in [4.78, 5) is 0. The molecule has 0 N–H and O–H groups in total. The van der Waals surface area contributed by atoms with Crippen LogP contribution in [-0.2, 0) is 29.5 Å². The third-order valence-electron chi connectivity index (χ3n) is 2.27. The highest BCUT2D eigenvalue weighted by Crippen LogP contribution is 1.96. The Morgan fingerprint density at radius 1 is 0.577 bits per heavy atom. The molecule has 9 heteroatoms. The molecule has 0 saturated carbocycles. The second-order valence-electron chi connectivity index (χ2n) is 5.50. The lowest BCUT2D eigenvalue weighted by Crippen LogP contribution is -2.02. The van der Waals surface area contributed by atoms with Crippen molar-refractivity contribution in [3.05, 3.63) is 0 Å². The van der Waals surface area contributed by atoms with Crippen molar-refractivity contribution < 1.29 is 25.3 Å². The predicted molar refractivity (Wildman–Crippen MR) is 109 cm³/mol. The number of rotatable bonds is 8. The molecule has 0 aromatic heterocycles. The largest absolute Gasteiger partial charge is 0.229 e. The minimum atomic E-state index is -2.91. The van der Waals surface area contributed by atoms with Crippen LogP contribution in [0.15, 0.2) is 0 Å². The first-order valence-electron chi connectivity index (χ1n) is 7.52. The van der Waals surface area contributed by atoms with Crippen molar-refractivity contribution in [1.82, 2.24) is 0 Å². The van der Waals surface area contributed by atoms with Gasteiger partial charge in [0.2, 0.25) is 0 Å². The molecule has 0 bridgehead atoms. The summed E-state index contributed by atoms with van der Waals surface area (Å²) in [7, 11) is -8.48. The molecule has 0 aromatic carbocycles. The maximum absolute atomic E-state index is 10.5. The van der Waals surface area contributed by atoms with Crippen molar-refractivity contribution in [2.45, 2.75) is 32.1 Å². The van der Waals surface area contributed by atoms with Gasteiger partial charge in [-0.3, -0.25) is 0 Å². The molecule has 26 heavy (non-hydrogen) atoms. The monoisotopic (exact) mass is 424 g/mol. The van der Waals surface area contributed by atoms with Crippen molar-refractivity contribution >= 4 is 29.5 Å². The number of terminal acetylenes is 3. The molecule has 0 amide bonds. The quantitative estimate of drug-likeness (QED) is 0.424. The van der Waals surface area contributed by atoms with E-state index in [2.05, 4.69) is 18.3 Å². The molecule has 6 nitrogen and oxygen atoms in total. The SMILES string of the molecule is C#CCCCCS(C)(=O)=O.C#CCCCS(C)(=O)=O.C#CCS(C)(=O)=O. The number of sulfone groups is 3. The molecule has 150 valence electrons. The Balaban J connectivity index is -0.000000310. The zero-order valence-electron chi connectivity index (χ0n) is 15.6. The summed E-state index contributed by atoms with van der Waals surface area (Å²) in [5.41, 5.74) is 0. The summed E-state index contributed by atoms with van der Waals surface area (Å²) in [6.07, 6.45) is 21.4. The molecule has 0 aromatic rings. The molecule has 0 rings (SSSR count). The van der Waals surface area contributed by atoms with E-state index in [1.165, 1.54) is 12.5 Å². The molecule has 0 atom stereocenters. The fourth-order valence-electron chi connectivity index (χ4n) is 1.18. The lowest BCUT2D eigenvalue weighted by Gasteiger charge is -1.93. The van der Waals surface area contributed by atoms with Gasteiger partial charge in [-0.2, -0.15) is 0 Å². The van der Waals surface area contributed by atoms with E-state index in [9.17, 15) is 25.3 Å². The maximum Gasteiger partial charge on any atom is 0.158 e. The van der Waals surface area contributed by atoms with E-state index in [1.54, 1.807) is 0 Å². The molecule has 0 unspecified atom stereocenters. The summed E-state index contributed by atoms with van der Waals surface area (Å²) in [5, 5.41) is 0. The molecule has 0 fully saturated rings. The summed E-state index contributed by atoms with van der Waals surface area (Å²) in [6, 6.07) is 0. The van der Waals surface area contributed by atoms with Gasteiger partial charge in [-0.05, 0) is 19.3 Å². The Hall–Kier alpha value is -1.47. The van der Waals surface area contributed by atoms with Crippen molar-refractivity contribution in [2.24, 2.45) is 0 Å². The number of hydrogen-bond donors (Lipinski definition) is 0.